The van der Waals surface area contributed by atoms with Gasteiger partial charge in [0.25, 0.3) is 0 Å². The summed E-state index contributed by atoms with van der Waals surface area (Å²) in [5.74, 6) is 0.604. The third-order valence-corrected chi connectivity index (χ3v) is 4.18. The molecule has 0 bridgehead atoms. The van der Waals surface area contributed by atoms with Crippen LogP contribution in [0.3, 0.4) is 0 Å². The van der Waals surface area contributed by atoms with Crippen molar-refractivity contribution in [1.82, 2.24) is 9.88 Å². The van der Waals surface area contributed by atoms with Gasteiger partial charge in [-0.25, -0.2) is 9.98 Å². The number of thiazole rings is 1. The second-order valence-corrected chi connectivity index (χ2v) is 5.46. The van der Waals surface area contributed by atoms with Crippen LogP contribution in [0.5, 0.6) is 0 Å². The highest BCUT2D eigenvalue weighted by Crippen LogP contribution is 2.25. The summed E-state index contributed by atoms with van der Waals surface area (Å²) in [6.45, 7) is 2.52. The number of hydrogen-bond acceptors (Lipinski definition) is 4. The van der Waals surface area contributed by atoms with Crippen LogP contribution in [0.4, 0.5) is 0 Å². The van der Waals surface area contributed by atoms with E-state index in [2.05, 4.69) is 9.98 Å². The largest absolute Gasteiger partial charge is 0.375 e. The van der Waals surface area contributed by atoms with Crippen molar-refractivity contribution in [2.24, 2.45) is 10.7 Å². The maximum atomic E-state index is 5.93. The molecule has 1 atom stereocenters. The second kappa shape index (κ2) is 7.39. The molecule has 0 spiro atoms. The van der Waals surface area contributed by atoms with Gasteiger partial charge in [0.15, 0.2) is 5.96 Å². The van der Waals surface area contributed by atoms with E-state index < -0.39 is 0 Å². The molecule has 1 heterocycles. The van der Waals surface area contributed by atoms with Crippen LogP contribution >= 0.6 is 35.3 Å². The second-order valence-electron chi connectivity index (χ2n) is 4.57. The number of hydrogen-bond donors (Lipinski definition) is 1. The predicted molar refractivity (Wildman–Crippen MR) is 89.1 cm³/mol. The van der Waals surface area contributed by atoms with Crippen LogP contribution in [0, 0.1) is 0 Å². The van der Waals surface area contributed by atoms with Gasteiger partial charge in [0.05, 0.1) is 12.2 Å². The van der Waals surface area contributed by atoms with E-state index in [9.17, 15) is 0 Å². The highest BCUT2D eigenvalue weighted by Gasteiger charge is 2.27. The van der Waals surface area contributed by atoms with Crippen molar-refractivity contribution in [1.29, 1.82) is 0 Å². The van der Waals surface area contributed by atoms with Gasteiger partial charge in [-0.3, -0.25) is 0 Å². The Morgan fingerprint density at radius 2 is 2.37 bits per heavy atom. The van der Waals surface area contributed by atoms with Gasteiger partial charge in [0.1, 0.15) is 11.1 Å². The summed E-state index contributed by atoms with van der Waals surface area (Å²) in [6.07, 6.45) is 2.48. The molecular weight excluding hydrogens is 375 g/mol. The van der Waals surface area contributed by atoms with Gasteiger partial charge in [0, 0.05) is 25.6 Å². The SMILES string of the molecule is COC(C)c1nc(CN=C(N)N(C)C2CC2)cs1.I. The summed E-state index contributed by atoms with van der Waals surface area (Å²) in [5.41, 5.74) is 6.88. The molecule has 0 aromatic carbocycles. The molecule has 19 heavy (non-hydrogen) atoms. The molecular formula is C12H21IN4OS. The first kappa shape index (κ1) is 16.6. The number of nitrogens with zero attached hydrogens (tertiary/aromatic N) is 3. The third-order valence-electron chi connectivity index (χ3n) is 3.13. The molecule has 0 aliphatic heterocycles. The molecule has 2 N–H and O–H groups in total. The topological polar surface area (TPSA) is 63.7 Å². The third kappa shape index (κ3) is 4.57. The Kier molecular flexibility index (Phi) is 6.48. The number of aromatic nitrogens is 1. The van der Waals surface area contributed by atoms with Crippen LogP contribution in [0.2, 0.25) is 0 Å². The Morgan fingerprint density at radius 3 is 2.95 bits per heavy atom. The first-order valence-electron chi connectivity index (χ1n) is 6.11. The van der Waals surface area contributed by atoms with Crippen molar-refractivity contribution < 1.29 is 4.74 Å². The van der Waals surface area contributed by atoms with Gasteiger partial charge in [-0.2, -0.15) is 0 Å². The summed E-state index contributed by atoms with van der Waals surface area (Å²) < 4.78 is 5.23. The fraction of sp³-hybridized carbons (Fsp3) is 0.667. The Labute approximate surface area is 135 Å². The standard InChI is InChI=1S/C12H20N4OS.HI/c1-8(17-3)11-15-9(7-18-11)6-14-12(13)16(2)10-4-5-10;/h7-8,10H,4-6H2,1-3H3,(H2,13,14);1H. The minimum absolute atomic E-state index is 0. The molecule has 7 heteroatoms. The lowest BCUT2D eigenvalue weighted by molar-refractivity contribution is 0.119. The van der Waals surface area contributed by atoms with Crippen molar-refractivity contribution >= 4 is 41.3 Å². The van der Waals surface area contributed by atoms with Crippen LogP contribution in [-0.2, 0) is 11.3 Å². The zero-order chi connectivity index (χ0) is 13.1. The molecule has 0 amide bonds. The number of guanidine groups is 1. The summed E-state index contributed by atoms with van der Waals surface area (Å²) >= 11 is 1.60. The molecule has 1 saturated carbocycles. The Morgan fingerprint density at radius 1 is 1.68 bits per heavy atom. The van der Waals surface area contributed by atoms with Crippen LogP contribution in [-0.4, -0.2) is 36.0 Å². The fourth-order valence-corrected chi connectivity index (χ4v) is 2.45. The summed E-state index contributed by atoms with van der Waals surface area (Å²) in [6, 6.07) is 0.591. The maximum absolute atomic E-state index is 5.93. The first-order chi connectivity index (χ1) is 8.61. The molecule has 2 rings (SSSR count). The molecule has 0 saturated heterocycles. The minimum Gasteiger partial charge on any atom is -0.375 e. The average Bonchev–Trinajstić information content (AvgIpc) is 3.13. The van der Waals surface area contributed by atoms with Gasteiger partial charge >= 0.3 is 0 Å². The summed E-state index contributed by atoms with van der Waals surface area (Å²) in [5, 5.41) is 3.00. The summed E-state index contributed by atoms with van der Waals surface area (Å²) in [7, 11) is 3.68. The normalized spacial score (nSPS) is 16.9. The molecule has 1 aromatic heterocycles. The lowest BCUT2D eigenvalue weighted by Crippen LogP contribution is -2.35. The number of methoxy groups -OCH3 is 1. The van der Waals surface area contributed by atoms with Gasteiger partial charge in [-0.05, 0) is 19.8 Å². The van der Waals surface area contributed by atoms with Crippen LogP contribution in [0.15, 0.2) is 10.4 Å². The van der Waals surface area contributed by atoms with Crippen LogP contribution in [0.1, 0.15) is 36.6 Å². The van der Waals surface area contributed by atoms with E-state index in [1.165, 1.54) is 12.8 Å². The maximum Gasteiger partial charge on any atom is 0.191 e. The highest BCUT2D eigenvalue weighted by molar-refractivity contribution is 14.0. The van der Waals surface area contributed by atoms with Crippen molar-refractivity contribution in [3.63, 3.8) is 0 Å². The molecule has 1 aliphatic rings. The Balaban J connectivity index is 0.00000180. The van der Waals surface area contributed by atoms with E-state index in [1.807, 2.05) is 24.3 Å². The monoisotopic (exact) mass is 396 g/mol. The van der Waals surface area contributed by atoms with E-state index in [-0.39, 0.29) is 30.1 Å². The van der Waals surface area contributed by atoms with Gasteiger partial charge in [-0.1, -0.05) is 0 Å². The van der Waals surface area contributed by atoms with E-state index in [1.54, 1.807) is 18.4 Å². The van der Waals surface area contributed by atoms with E-state index in [4.69, 9.17) is 10.5 Å². The smallest absolute Gasteiger partial charge is 0.191 e. The quantitative estimate of drug-likeness (QED) is 0.472. The Bertz CT molecular complexity index is 433. The van der Waals surface area contributed by atoms with Crippen molar-refractivity contribution in [2.75, 3.05) is 14.2 Å². The molecule has 108 valence electrons. The summed E-state index contributed by atoms with van der Waals surface area (Å²) in [4.78, 5) is 10.9. The van der Waals surface area contributed by atoms with E-state index in [0.717, 1.165) is 10.7 Å². The number of aliphatic imine (C=N–C) groups is 1. The predicted octanol–water partition coefficient (Wildman–Crippen LogP) is 2.38. The molecule has 5 nitrogen and oxygen atoms in total. The number of halogens is 1. The van der Waals surface area contributed by atoms with Gasteiger partial charge in [0.2, 0.25) is 0 Å². The molecule has 1 aliphatic carbocycles. The van der Waals surface area contributed by atoms with Crippen molar-refractivity contribution in [3.05, 3.63) is 16.1 Å². The zero-order valence-corrected chi connectivity index (χ0v) is 14.6. The van der Waals surface area contributed by atoms with E-state index >= 15 is 0 Å². The molecule has 1 fully saturated rings. The zero-order valence-electron chi connectivity index (χ0n) is 11.5. The number of rotatable bonds is 5. The van der Waals surface area contributed by atoms with Crippen molar-refractivity contribution in [3.8, 4) is 0 Å². The fourth-order valence-electron chi connectivity index (χ4n) is 1.61. The number of ether oxygens (including phenoxy) is 1. The average molecular weight is 396 g/mol. The van der Waals surface area contributed by atoms with E-state index in [0.29, 0.717) is 18.5 Å². The Hall–Kier alpha value is -0.410. The van der Waals surface area contributed by atoms with Crippen LogP contribution in [0.25, 0.3) is 0 Å². The minimum atomic E-state index is 0. The van der Waals surface area contributed by atoms with Gasteiger partial charge < -0.3 is 15.4 Å². The highest BCUT2D eigenvalue weighted by atomic mass is 127. The lowest BCUT2D eigenvalue weighted by Gasteiger charge is -2.16. The lowest BCUT2D eigenvalue weighted by atomic mass is 10.4. The molecule has 1 aromatic rings. The molecule has 0 radical (unpaired) electrons. The number of nitrogens with two attached hydrogens (primary N) is 1. The van der Waals surface area contributed by atoms with Gasteiger partial charge in [-0.15, -0.1) is 35.3 Å². The molecule has 1 unspecified atom stereocenters. The van der Waals surface area contributed by atoms with Crippen molar-refractivity contribution in [2.45, 2.75) is 38.5 Å². The van der Waals surface area contributed by atoms with Crippen LogP contribution < -0.4 is 5.73 Å². The first-order valence-corrected chi connectivity index (χ1v) is 6.99.